The van der Waals surface area contributed by atoms with Crippen molar-refractivity contribution in [3.8, 4) is 0 Å². The molecule has 14 heteroatoms. The van der Waals surface area contributed by atoms with E-state index in [1.807, 2.05) is 0 Å². The number of carbonyl (C=O) groups excluding carboxylic acids is 1. The van der Waals surface area contributed by atoms with Crippen LogP contribution >= 0.6 is 0 Å². The summed E-state index contributed by atoms with van der Waals surface area (Å²) in [5.74, 6) is -0.207. The lowest BCUT2D eigenvalue weighted by atomic mass is 9.97. The second kappa shape index (κ2) is 55.5. The van der Waals surface area contributed by atoms with Gasteiger partial charge in [-0.15, -0.1) is 0 Å². The van der Waals surface area contributed by atoms with Crippen LogP contribution in [0.2, 0.25) is 0 Å². The third-order valence-electron chi connectivity index (χ3n) is 16.7. The van der Waals surface area contributed by atoms with Gasteiger partial charge in [-0.3, -0.25) is 4.79 Å². The molecule has 0 bridgehead atoms. The van der Waals surface area contributed by atoms with Gasteiger partial charge in [0.2, 0.25) is 5.91 Å². The number of carbonyl (C=O) groups is 1. The van der Waals surface area contributed by atoms with Gasteiger partial charge in [-0.05, 0) is 64.2 Å². The summed E-state index contributed by atoms with van der Waals surface area (Å²) in [5.41, 5.74) is 0. The fourth-order valence-electron chi connectivity index (χ4n) is 11.2. The summed E-state index contributed by atoms with van der Waals surface area (Å²) in [6.45, 7) is 2.77. The minimum atomic E-state index is -1.78. The van der Waals surface area contributed by atoms with Gasteiger partial charge in [-0.2, -0.15) is 0 Å². The van der Waals surface area contributed by atoms with E-state index in [9.17, 15) is 45.6 Å². The Kier molecular flexibility index (Phi) is 51.3. The van der Waals surface area contributed by atoms with Crippen LogP contribution in [0.4, 0.5) is 0 Å². The van der Waals surface area contributed by atoms with Gasteiger partial charge < -0.3 is 65.1 Å². The highest BCUT2D eigenvalue weighted by Gasteiger charge is 2.51. The number of aliphatic hydroxyl groups excluding tert-OH is 8. The first-order valence-corrected chi connectivity index (χ1v) is 34.7. The molecule has 0 aromatic heterocycles. The zero-order valence-electron chi connectivity index (χ0n) is 53.6. The number of nitrogens with one attached hydrogen (secondary N) is 1. The molecule has 2 saturated heterocycles. The lowest BCUT2D eigenvalue weighted by molar-refractivity contribution is -0.359. The molecule has 2 fully saturated rings. The quantitative estimate of drug-likeness (QED) is 0.0204. The monoisotopic (exact) mass is 1200 g/mol. The van der Waals surface area contributed by atoms with Gasteiger partial charge >= 0.3 is 0 Å². The van der Waals surface area contributed by atoms with Gasteiger partial charge in [-0.1, -0.05) is 279 Å². The molecule has 14 nitrogen and oxygen atoms in total. The van der Waals surface area contributed by atoms with Crippen LogP contribution in [-0.2, 0) is 23.7 Å². The van der Waals surface area contributed by atoms with E-state index < -0.39 is 86.8 Å². The van der Waals surface area contributed by atoms with Crippen molar-refractivity contribution in [2.24, 2.45) is 0 Å². The molecule has 0 radical (unpaired) electrons. The van der Waals surface area contributed by atoms with Gasteiger partial charge in [0.05, 0.1) is 32.0 Å². The number of aliphatic hydroxyl groups is 8. The van der Waals surface area contributed by atoms with E-state index in [1.54, 1.807) is 0 Å². The number of unbranched alkanes of at least 4 members (excludes halogenated alkanes) is 31. The van der Waals surface area contributed by atoms with Gasteiger partial charge in [0, 0.05) is 6.42 Å². The zero-order valence-corrected chi connectivity index (χ0v) is 53.6. The molecule has 2 rings (SSSR count). The third-order valence-corrected chi connectivity index (χ3v) is 16.7. The standard InChI is InChI=1S/C71H127NO13/c1-3-5-7-9-11-13-15-17-19-21-23-24-25-26-27-28-29-30-31-32-33-34-35-36-37-39-41-43-45-47-49-51-53-55-63(76)72-59(60(75)54-52-50-48-46-44-42-40-38-22-20-18-16-14-12-10-8-6-4-2)58-82-70-68(81)66(79)69(62(57-74)84-70)85-71-67(80)65(78)64(77)61(56-73)83-71/h5,7,11,13,17,19,23-24,26-27,29-30,59-62,64-71,73-75,77-81H,3-4,6,8-10,12,14-16,18,20-22,25,28,31-58H2,1-2H3,(H,72,76)/b7-5-,13-11-,19-17-,24-23-,27-26-,30-29-. The Labute approximate surface area is 517 Å². The average Bonchev–Trinajstić information content (AvgIpc) is 3.29. The zero-order chi connectivity index (χ0) is 61.6. The van der Waals surface area contributed by atoms with Crippen LogP contribution in [-0.4, -0.2) is 140 Å². The molecular formula is C71H127NO13. The Morgan fingerprint density at radius 2 is 0.812 bits per heavy atom. The number of ether oxygens (including phenoxy) is 4. The average molecular weight is 1200 g/mol. The minimum Gasteiger partial charge on any atom is -0.394 e. The predicted octanol–water partition coefficient (Wildman–Crippen LogP) is 13.8. The topological polar surface area (TPSA) is 228 Å². The Morgan fingerprint density at radius 1 is 0.435 bits per heavy atom. The molecule has 12 atom stereocenters. The molecule has 2 heterocycles. The van der Waals surface area contributed by atoms with E-state index in [1.165, 1.54) is 161 Å². The summed E-state index contributed by atoms with van der Waals surface area (Å²) < 4.78 is 22.9. The minimum absolute atomic E-state index is 0.207. The number of allylic oxidation sites excluding steroid dienone is 12. The maximum absolute atomic E-state index is 13.3. The van der Waals surface area contributed by atoms with Crippen LogP contribution in [0, 0.1) is 0 Å². The molecule has 2 aliphatic heterocycles. The van der Waals surface area contributed by atoms with Crippen molar-refractivity contribution >= 4 is 5.91 Å². The van der Waals surface area contributed by atoms with Crippen LogP contribution in [0.15, 0.2) is 72.9 Å². The molecule has 1 amide bonds. The van der Waals surface area contributed by atoms with Crippen molar-refractivity contribution in [2.75, 3.05) is 19.8 Å². The van der Waals surface area contributed by atoms with E-state index in [0.29, 0.717) is 12.8 Å². The Balaban J connectivity index is 1.64. The van der Waals surface area contributed by atoms with Crippen molar-refractivity contribution in [1.82, 2.24) is 5.32 Å². The molecule has 9 N–H and O–H groups in total. The van der Waals surface area contributed by atoms with E-state index in [2.05, 4.69) is 92.1 Å². The van der Waals surface area contributed by atoms with Crippen molar-refractivity contribution < 1.29 is 64.6 Å². The van der Waals surface area contributed by atoms with E-state index in [-0.39, 0.29) is 12.5 Å². The fraction of sp³-hybridized carbons (Fsp3) is 0.817. The van der Waals surface area contributed by atoms with Crippen LogP contribution in [0.25, 0.3) is 0 Å². The number of amides is 1. The Bertz CT molecular complexity index is 1700. The molecule has 494 valence electrons. The maximum atomic E-state index is 13.3. The van der Waals surface area contributed by atoms with Crippen molar-refractivity contribution in [2.45, 2.75) is 351 Å². The Morgan fingerprint density at radius 3 is 1.25 bits per heavy atom. The molecule has 0 aliphatic carbocycles. The van der Waals surface area contributed by atoms with E-state index in [4.69, 9.17) is 18.9 Å². The highest BCUT2D eigenvalue weighted by Crippen LogP contribution is 2.30. The van der Waals surface area contributed by atoms with Crippen molar-refractivity contribution in [1.29, 1.82) is 0 Å². The van der Waals surface area contributed by atoms with Gasteiger partial charge in [0.15, 0.2) is 12.6 Å². The smallest absolute Gasteiger partial charge is 0.220 e. The van der Waals surface area contributed by atoms with Gasteiger partial charge in [0.25, 0.3) is 0 Å². The van der Waals surface area contributed by atoms with Crippen LogP contribution in [0.5, 0.6) is 0 Å². The SMILES string of the molecule is CC/C=C\C/C=C\C/C=C\C/C=C\C/C=C\C/C=C\CCCCCCCCCCCCCCCCC(=O)NC(COC1OC(CO)C(OC2OC(CO)C(O)C(O)C2O)C(O)C1O)C(O)CCCCCCCCCCCCCCCCCCCC. The highest BCUT2D eigenvalue weighted by molar-refractivity contribution is 5.76. The summed E-state index contributed by atoms with van der Waals surface area (Å²) in [4.78, 5) is 13.3. The lowest BCUT2D eigenvalue weighted by Crippen LogP contribution is -2.65. The molecule has 12 unspecified atom stereocenters. The van der Waals surface area contributed by atoms with Crippen molar-refractivity contribution in [3.05, 3.63) is 72.9 Å². The first-order chi connectivity index (χ1) is 41.6. The second-order valence-electron chi connectivity index (χ2n) is 24.3. The number of hydrogen-bond donors (Lipinski definition) is 9. The maximum Gasteiger partial charge on any atom is 0.220 e. The largest absolute Gasteiger partial charge is 0.394 e. The normalized spacial score (nSPS) is 24.0. The first-order valence-electron chi connectivity index (χ1n) is 34.7. The fourth-order valence-corrected chi connectivity index (χ4v) is 11.2. The molecule has 0 spiro atoms. The van der Waals surface area contributed by atoms with E-state index in [0.717, 1.165) is 89.9 Å². The molecule has 2 aliphatic rings. The molecule has 0 aromatic rings. The Hall–Kier alpha value is -2.57. The van der Waals surface area contributed by atoms with Gasteiger partial charge in [-0.25, -0.2) is 0 Å². The molecular weight excluding hydrogens is 1070 g/mol. The summed E-state index contributed by atoms with van der Waals surface area (Å²) >= 11 is 0. The molecule has 85 heavy (non-hydrogen) atoms. The van der Waals surface area contributed by atoms with Crippen LogP contribution in [0.3, 0.4) is 0 Å². The second-order valence-corrected chi connectivity index (χ2v) is 24.3. The molecule has 0 saturated carbocycles. The summed E-state index contributed by atoms with van der Waals surface area (Å²) in [7, 11) is 0. The summed E-state index contributed by atoms with van der Waals surface area (Å²) in [6, 6.07) is -0.832. The molecule has 0 aromatic carbocycles. The third kappa shape index (κ3) is 39.9. The number of rotatable bonds is 56. The summed E-state index contributed by atoms with van der Waals surface area (Å²) in [6.07, 6.45) is 57.6. The number of hydrogen-bond acceptors (Lipinski definition) is 13. The van der Waals surface area contributed by atoms with E-state index >= 15 is 0 Å². The predicted molar refractivity (Wildman–Crippen MR) is 346 cm³/mol. The van der Waals surface area contributed by atoms with Crippen molar-refractivity contribution in [3.63, 3.8) is 0 Å². The lowest BCUT2D eigenvalue weighted by Gasteiger charge is -2.46. The van der Waals surface area contributed by atoms with Crippen LogP contribution < -0.4 is 5.32 Å². The summed E-state index contributed by atoms with van der Waals surface area (Å²) in [5, 5.41) is 87.5. The van der Waals surface area contributed by atoms with Crippen LogP contribution in [0.1, 0.15) is 277 Å². The van der Waals surface area contributed by atoms with Gasteiger partial charge in [0.1, 0.15) is 48.8 Å². The highest BCUT2D eigenvalue weighted by atomic mass is 16.7. The first kappa shape index (κ1) is 78.5.